The van der Waals surface area contributed by atoms with Crippen LogP contribution in [0.15, 0.2) is 34.5 Å². The van der Waals surface area contributed by atoms with Crippen molar-refractivity contribution in [2.24, 2.45) is 0 Å². The molecule has 0 aliphatic carbocycles. The molecule has 2 rings (SSSR count). The van der Waals surface area contributed by atoms with Crippen LogP contribution in [-0.4, -0.2) is 8.76 Å². The number of rotatable bonds is 1. The van der Waals surface area contributed by atoms with Crippen molar-refractivity contribution in [1.82, 2.24) is 0 Å². The maximum absolute atomic E-state index is 10.7. The standard InChI is InChI=1S/C8H6O2S2.Na/c9-12(10)8-5-11-7-4-2-1-3-6(7)8;/h1-5H,(H,9,10);/q;+1/p-1. The van der Waals surface area contributed by atoms with Gasteiger partial charge in [-0.2, -0.15) is 0 Å². The topological polar surface area (TPSA) is 40.1 Å². The molecule has 1 aromatic carbocycles. The molecule has 0 saturated carbocycles. The molecule has 0 aliphatic rings. The molecule has 2 aromatic rings. The van der Waals surface area contributed by atoms with E-state index < -0.39 is 11.1 Å². The van der Waals surface area contributed by atoms with E-state index in [4.69, 9.17) is 0 Å². The summed E-state index contributed by atoms with van der Waals surface area (Å²) in [4.78, 5) is 0.399. The Morgan fingerprint density at radius 2 is 2.00 bits per heavy atom. The van der Waals surface area contributed by atoms with Crippen molar-refractivity contribution in [3.05, 3.63) is 29.6 Å². The molecule has 0 bridgehead atoms. The quantitative estimate of drug-likeness (QED) is 0.463. The molecule has 1 heterocycles. The van der Waals surface area contributed by atoms with Gasteiger partial charge >= 0.3 is 29.6 Å². The van der Waals surface area contributed by atoms with E-state index in [1.165, 1.54) is 11.3 Å². The molecule has 0 fully saturated rings. The zero-order chi connectivity index (χ0) is 8.55. The van der Waals surface area contributed by atoms with Gasteiger partial charge < -0.3 is 4.55 Å². The van der Waals surface area contributed by atoms with E-state index in [0.29, 0.717) is 4.90 Å². The predicted octanol–water partition coefficient (Wildman–Crippen LogP) is -0.857. The zero-order valence-corrected chi connectivity index (χ0v) is 10.7. The molecule has 0 N–H and O–H groups in total. The Hall–Kier alpha value is 0.290. The molecule has 0 radical (unpaired) electrons. The summed E-state index contributed by atoms with van der Waals surface area (Å²) in [6.07, 6.45) is 0. The largest absolute Gasteiger partial charge is 1.00 e. The molecule has 0 aliphatic heterocycles. The molecular formula is C8H5NaO2S2. The van der Waals surface area contributed by atoms with Crippen molar-refractivity contribution < 1.29 is 38.3 Å². The summed E-state index contributed by atoms with van der Waals surface area (Å²) < 4.78 is 22.4. The van der Waals surface area contributed by atoms with Gasteiger partial charge in [0, 0.05) is 20.4 Å². The van der Waals surface area contributed by atoms with Crippen LogP contribution in [0.2, 0.25) is 0 Å². The fraction of sp³-hybridized carbons (Fsp3) is 0. The minimum absolute atomic E-state index is 0. The van der Waals surface area contributed by atoms with Crippen LogP contribution in [0.25, 0.3) is 10.1 Å². The molecule has 1 aromatic heterocycles. The molecule has 62 valence electrons. The summed E-state index contributed by atoms with van der Waals surface area (Å²) in [5.74, 6) is 0. The van der Waals surface area contributed by atoms with Crippen molar-refractivity contribution >= 4 is 32.5 Å². The summed E-state index contributed by atoms with van der Waals surface area (Å²) >= 11 is -0.663. The summed E-state index contributed by atoms with van der Waals surface area (Å²) in [6, 6.07) is 7.47. The first-order valence-electron chi connectivity index (χ1n) is 3.34. The van der Waals surface area contributed by atoms with E-state index in [-0.39, 0.29) is 29.6 Å². The summed E-state index contributed by atoms with van der Waals surface area (Å²) in [6.45, 7) is 0. The Bertz CT molecular complexity index is 438. The summed E-state index contributed by atoms with van der Waals surface area (Å²) in [5, 5.41) is 2.48. The number of hydrogen-bond acceptors (Lipinski definition) is 3. The molecule has 13 heavy (non-hydrogen) atoms. The van der Waals surface area contributed by atoms with Crippen LogP contribution >= 0.6 is 11.3 Å². The van der Waals surface area contributed by atoms with Crippen LogP contribution in [-0.2, 0) is 11.1 Å². The second kappa shape index (κ2) is 4.68. The van der Waals surface area contributed by atoms with Gasteiger partial charge in [0.15, 0.2) is 0 Å². The van der Waals surface area contributed by atoms with Crippen LogP contribution in [0.5, 0.6) is 0 Å². The SMILES string of the molecule is O=S([O-])c1csc2ccccc12.[Na+]. The van der Waals surface area contributed by atoms with Crippen molar-refractivity contribution in [1.29, 1.82) is 0 Å². The normalized spacial score (nSPS) is 12.4. The predicted molar refractivity (Wildman–Crippen MR) is 49.0 cm³/mol. The van der Waals surface area contributed by atoms with Crippen molar-refractivity contribution in [3.63, 3.8) is 0 Å². The van der Waals surface area contributed by atoms with E-state index >= 15 is 0 Å². The van der Waals surface area contributed by atoms with Gasteiger partial charge in [-0.3, -0.25) is 4.21 Å². The third kappa shape index (κ3) is 2.21. The third-order valence-corrected chi connectivity index (χ3v) is 3.43. The molecule has 1 atom stereocenters. The van der Waals surface area contributed by atoms with Gasteiger partial charge in [-0.15, -0.1) is 11.3 Å². The van der Waals surface area contributed by atoms with Gasteiger partial charge in [-0.25, -0.2) is 0 Å². The Labute approximate surface area is 105 Å². The van der Waals surface area contributed by atoms with Gasteiger partial charge in [-0.05, 0) is 17.1 Å². The Kier molecular flexibility index (Phi) is 4.09. The van der Waals surface area contributed by atoms with Crippen LogP contribution in [0.3, 0.4) is 0 Å². The Morgan fingerprint density at radius 1 is 1.31 bits per heavy atom. The second-order valence-corrected chi connectivity index (χ2v) is 4.15. The fourth-order valence-corrected chi connectivity index (χ4v) is 2.79. The maximum atomic E-state index is 10.7. The number of thiophene rings is 1. The maximum Gasteiger partial charge on any atom is 1.00 e. The second-order valence-electron chi connectivity index (χ2n) is 2.33. The Balaban J connectivity index is 0.000000845. The van der Waals surface area contributed by atoms with E-state index in [2.05, 4.69) is 0 Å². The molecule has 0 saturated heterocycles. The first-order valence-corrected chi connectivity index (χ1v) is 5.30. The van der Waals surface area contributed by atoms with E-state index in [9.17, 15) is 8.76 Å². The van der Waals surface area contributed by atoms with Gasteiger partial charge in [0.2, 0.25) is 0 Å². The fourth-order valence-electron chi connectivity index (χ4n) is 1.08. The minimum Gasteiger partial charge on any atom is -0.768 e. The number of fused-ring (bicyclic) bond motifs is 1. The molecule has 2 nitrogen and oxygen atoms in total. The van der Waals surface area contributed by atoms with Crippen LogP contribution in [0, 0.1) is 0 Å². The van der Waals surface area contributed by atoms with Crippen molar-refractivity contribution in [2.45, 2.75) is 4.90 Å². The average molecular weight is 220 g/mol. The average Bonchev–Trinajstić information content (AvgIpc) is 2.47. The van der Waals surface area contributed by atoms with E-state index in [1.807, 2.05) is 24.3 Å². The third-order valence-electron chi connectivity index (χ3n) is 1.63. The van der Waals surface area contributed by atoms with Gasteiger partial charge in [0.25, 0.3) is 0 Å². The van der Waals surface area contributed by atoms with Crippen LogP contribution in [0.4, 0.5) is 0 Å². The van der Waals surface area contributed by atoms with Crippen LogP contribution < -0.4 is 29.6 Å². The first kappa shape index (κ1) is 11.4. The Morgan fingerprint density at radius 3 is 2.69 bits per heavy atom. The molecule has 0 spiro atoms. The van der Waals surface area contributed by atoms with Gasteiger partial charge in [-0.1, -0.05) is 18.2 Å². The number of hydrogen-bond donors (Lipinski definition) is 0. The summed E-state index contributed by atoms with van der Waals surface area (Å²) in [7, 11) is 0. The molecule has 0 amide bonds. The van der Waals surface area contributed by atoms with Crippen molar-refractivity contribution in [3.8, 4) is 0 Å². The minimum atomic E-state index is -2.11. The summed E-state index contributed by atoms with van der Waals surface area (Å²) in [5.41, 5.74) is 0. The molecule has 5 heteroatoms. The zero-order valence-electron chi connectivity index (χ0n) is 7.02. The van der Waals surface area contributed by atoms with Crippen LogP contribution in [0.1, 0.15) is 0 Å². The van der Waals surface area contributed by atoms with E-state index in [0.717, 1.165) is 10.1 Å². The van der Waals surface area contributed by atoms with Gasteiger partial charge in [0.1, 0.15) is 0 Å². The molecule has 1 unspecified atom stereocenters. The van der Waals surface area contributed by atoms with Crippen molar-refractivity contribution in [2.75, 3.05) is 0 Å². The number of benzene rings is 1. The van der Waals surface area contributed by atoms with E-state index in [1.54, 1.807) is 5.38 Å². The first-order chi connectivity index (χ1) is 5.79. The van der Waals surface area contributed by atoms with Gasteiger partial charge in [0.05, 0.1) is 0 Å². The smallest absolute Gasteiger partial charge is 0.768 e. The molecular weight excluding hydrogens is 215 g/mol. The monoisotopic (exact) mass is 220 g/mol.